The monoisotopic (exact) mass is 267 g/mol. The summed E-state index contributed by atoms with van der Waals surface area (Å²) in [7, 11) is 0. The Morgan fingerprint density at radius 2 is 1.85 bits per heavy atom. The Kier molecular flexibility index (Phi) is 4.30. The summed E-state index contributed by atoms with van der Waals surface area (Å²) in [5, 5.41) is 22.8. The lowest BCUT2D eigenvalue weighted by Crippen LogP contribution is -2.06. The molecule has 0 radical (unpaired) electrons. The molecule has 0 aliphatic rings. The van der Waals surface area contributed by atoms with Crippen molar-refractivity contribution in [2.45, 2.75) is 6.42 Å². The van der Waals surface area contributed by atoms with E-state index in [1.54, 1.807) is 30.3 Å². The van der Waals surface area contributed by atoms with Crippen molar-refractivity contribution in [1.29, 1.82) is 5.26 Å². The second-order valence-electron chi connectivity index (χ2n) is 4.25. The molecule has 0 aliphatic heterocycles. The Morgan fingerprint density at radius 3 is 2.50 bits per heavy atom. The van der Waals surface area contributed by atoms with Gasteiger partial charge >= 0.3 is 0 Å². The molecule has 1 N–H and O–H groups in total. The average molecular weight is 267 g/mol. The molecule has 0 aliphatic carbocycles. The van der Waals surface area contributed by atoms with Crippen molar-refractivity contribution >= 4 is 11.4 Å². The Bertz CT molecular complexity index is 645. The molecule has 0 aromatic heterocycles. The Labute approximate surface area is 116 Å². The van der Waals surface area contributed by atoms with Crippen molar-refractivity contribution in [1.82, 2.24) is 0 Å². The first kappa shape index (κ1) is 13.6. The number of hydrogen-bond donors (Lipinski definition) is 1. The van der Waals surface area contributed by atoms with Crippen LogP contribution in [0.5, 0.6) is 0 Å². The van der Waals surface area contributed by atoms with Crippen LogP contribution in [0.25, 0.3) is 0 Å². The van der Waals surface area contributed by atoms with Gasteiger partial charge in [0.1, 0.15) is 0 Å². The first-order valence-electron chi connectivity index (χ1n) is 6.17. The molecule has 0 heterocycles. The van der Waals surface area contributed by atoms with E-state index in [0.717, 1.165) is 5.69 Å². The van der Waals surface area contributed by atoms with Crippen LogP contribution in [0.4, 0.5) is 11.4 Å². The van der Waals surface area contributed by atoms with Crippen molar-refractivity contribution in [3.8, 4) is 6.07 Å². The highest BCUT2D eigenvalue weighted by molar-refractivity contribution is 5.47. The molecule has 5 heteroatoms. The summed E-state index contributed by atoms with van der Waals surface area (Å²) in [5.41, 5.74) is 2.35. The molecule has 20 heavy (non-hydrogen) atoms. The third kappa shape index (κ3) is 3.33. The highest BCUT2D eigenvalue weighted by atomic mass is 16.6. The van der Waals surface area contributed by atoms with Gasteiger partial charge in [-0.2, -0.15) is 5.26 Å². The van der Waals surface area contributed by atoms with Gasteiger partial charge in [0.25, 0.3) is 5.69 Å². The zero-order chi connectivity index (χ0) is 14.4. The van der Waals surface area contributed by atoms with Gasteiger partial charge in [-0.25, -0.2) is 0 Å². The van der Waals surface area contributed by atoms with Gasteiger partial charge in [-0.05, 0) is 30.7 Å². The first-order chi connectivity index (χ1) is 9.70. The zero-order valence-corrected chi connectivity index (χ0v) is 10.7. The van der Waals surface area contributed by atoms with Crippen LogP contribution >= 0.6 is 0 Å². The minimum atomic E-state index is -0.364. The van der Waals surface area contributed by atoms with Crippen LogP contribution in [0.1, 0.15) is 11.1 Å². The normalized spacial score (nSPS) is 9.75. The Balaban J connectivity index is 1.96. The molecule has 0 bridgehead atoms. The fourth-order valence-electron chi connectivity index (χ4n) is 1.90. The van der Waals surface area contributed by atoms with Gasteiger partial charge < -0.3 is 5.32 Å². The predicted molar refractivity (Wildman–Crippen MR) is 76.4 cm³/mol. The lowest BCUT2D eigenvalue weighted by atomic mass is 10.1. The van der Waals surface area contributed by atoms with E-state index in [-0.39, 0.29) is 10.6 Å². The van der Waals surface area contributed by atoms with Crippen molar-refractivity contribution in [3.63, 3.8) is 0 Å². The summed E-state index contributed by atoms with van der Waals surface area (Å²) < 4.78 is 0. The molecule has 0 unspecified atom stereocenters. The van der Waals surface area contributed by atoms with Gasteiger partial charge in [-0.1, -0.05) is 18.2 Å². The molecule has 0 spiro atoms. The maximum absolute atomic E-state index is 10.9. The summed E-state index contributed by atoms with van der Waals surface area (Å²) in [6.45, 7) is 0.594. The van der Waals surface area contributed by atoms with Crippen molar-refractivity contribution in [3.05, 3.63) is 69.8 Å². The van der Waals surface area contributed by atoms with Gasteiger partial charge in [0.05, 0.1) is 16.6 Å². The standard InChI is InChI=1S/C15H13N3O2/c16-11-12-5-7-14(8-6-12)17-10-9-13-3-1-2-4-15(13)18(19)20/h1-8,17H,9-10H2. The van der Waals surface area contributed by atoms with E-state index in [9.17, 15) is 10.1 Å². The molecule has 0 atom stereocenters. The molecule has 2 aromatic carbocycles. The van der Waals surface area contributed by atoms with Crippen LogP contribution in [-0.4, -0.2) is 11.5 Å². The summed E-state index contributed by atoms with van der Waals surface area (Å²) in [6.07, 6.45) is 0.567. The number of nitro benzene ring substituents is 1. The summed E-state index contributed by atoms with van der Waals surface area (Å²) in [4.78, 5) is 10.5. The Morgan fingerprint density at radius 1 is 1.15 bits per heavy atom. The van der Waals surface area contributed by atoms with Crippen molar-refractivity contribution in [2.75, 3.05) is 11.9 Å². The highest BCUT2D eigenvalue weighted by Crippen LogP contribution is 2.18. The number of nitrogens with zero attached hydrogens (tertiary/aromatic N) is 2. The molecule has 0 fully saturated rings. The van der Waals surface area contributed by atoms with E-state index < -0.39 is 0 Å². The molecule has 0 saturated carbocycles. The van der Waals surface area contributed by atoms with Crippen LogP contribution in [0.2, 0.25) is 0 Å². The number of anilines is 1. The zero-order valence-electron chi connectivity index (χ0n) is 10.7. The number of para-hydroxylation sites is 1. The molecule has 0 amide bonds. The van der Waals surface area contributed by atoms with E-state index >= 15 is 0 Å². The van der Waals surface area contributed by atoms with Crippen LogP contribution < -0.4 is 5.32 Å². The van der Waals surface area contributed by atoms with Crippen LogP contribution in [0.3, 0.4) is 0 Å². The van der Waals surface area contributed by atoms with Gasteiger partial charge in [-0.15, -0.1) is 0 Å². The number of rotatable bonds is 5. The number of nitrogens with one attached hydrogen (secondary N) is 1. The van der Waals surface area contributed by atoms with Gasteiger partial charge in [-0.3, -0.25) is 10.1 Å². The van der Waals surface area contributed by atoms with E-state index in [0.29, 0.717) is 24.1 Å². The van der Waals surface area contributed by atoms with Crippen molar-refractivity contribution in [2.24, 2.45) is 0 Å². The van der Waals surface area contributed by atoms with Gasteiger partial charge in [0.15, 0.2) is 0 Å². The van der Waals surface area contributed by atoms with Gasteiger partial charge in [0.2, 0.25) is 0 Å². The number of benzene rings is 2. The quantitative estimate of drug-likeness (QED) is 0.666. The van der Waals surface area contributed by atoms with Gasteiger partial charge in [0, 0.05) is 23.9 Å². The topological polar surface area (TPSA) is 79.0 Å². The molecule has 0 saturated heterocycles. The second kappa shape index (κ2) is 6.34. The number of nitriles is 1. The minimum absolute atomic E-state index is 0.147. The maximum atomic E-state index is 10.9. The average Bonchev–Trinajstić information content (AvgIpc) is 2.48. The Hall–Kier alpha value is -2.87. The number of hydrogen-bond acceptors (Lipinski definition) is 4. The van der Waals surface area contributed by atoms with Crippen LogP contribution in [0.15, 0.2) is 48.5 Å². The van der Waals surface area contributed by atoms with E-state index in [1.165, 1.54) is 6.07 Å². The summed E-state index contributed by atoms with van der Waals surface area (Å²) in [6, 6.07) is 15.9. The summed E-state index contributed by atoms with van der Waals surface area (Å²) >= 11 is 0. The second-order valence-corrected chi connectivity index (χ2v) is 4.25. The van der Waals surface area contributed by atoms with Crippen LogP contribution in [0, 0.1) is 21.4 Å². The maximum Gasteiger partial charge on any atom is 0.272 e. The molecule has 5 nitrogen and oxygen atoms in total. The fourth-order valence-corrected chi connectivity index (χ4v) is 1.90. The number of nitro groups is 1. The molecular formula is C15H13N3O2. The largest absolute Gasteiger partial charge is 0.385 e. The van der Waals surface area contributed by atoms with E-state index in [4.69, 9.17) is 5.26 Å². The molecular weight excluding hydrogens is 254 g/mol. The third-order valence-corrected chi connectivity index (χ3v) is 2.93. The predicted octanol–water partition coefficient (Wildman–Crippen LogP) is 3.12. The molecule has 2 aromatic rings. The highest BCUT2D eigenvalue weighted by Gasteiger charge is 2.11. The molecule has 2 rings (SSSR count). The minimum Gasteiger partial charge on any atom is -0.385 e. The van der Waals surface area contributed by atoms with E-state index in [1.807, 2.05) is 12.1 Å². The molecule has 100 valence electrons. The lowest BCUT2D eigenvalue weighted by Gasteiger charge is -2.06. The summed E-state index contributed by atoms with van der Waals surface area (Å²) in [5.74, 6) is 0. The van der Waals surface area contributed by atoms with Crippen LogP contribution in [-0.2, 0) is 6.42 Å². The van der Waals surface area contributed by atoms with Crippen molar-refractivity contribution < 1.29 is 4.92 Å². The fraction of sp³-hybridized carbons (Fsp3) is 0.133. The third-order valence-electron chi connectivity index (χ3n) is 2.93. The first-order valence-corrected chi connectivity index (χ1v) is 6.17. The smallest absolute Gasteiger partial charge is 0.272 e. The van der Waals surface area contributed by atoms with E-state index in [2.05, 4.69) is 11.4 Å². The lowest BCUT2D eigenvalue weighted by molar-refractivity contribution is -0.385. The SMILES string of the molecule is N#Cc1ccc(NCCc2ccccc2[N+](=O)[O-])cc1.